The van der Waals surface area contributed by atoms with E-state index in [2.05, 4.69) is 24.1 Å². The van der Waals surface area contributed by atoms with Crippen LogP contribution in [0.3, 0.4) is 0 Å². The fraction of sp³-hybridized carbons (Fsp3) is 1.00. The van der Waals surface area contributed by atoms with Gasteiger partial charge in [-0.3, -0.25) is 4.90 Å². The predicted octanol–water partition coefficient (Wildman–Crippen LogP) is 1.61. The molecule has 2 aliphatic rings. The average Bonchev–Trinajstić information content (AvgIpc) is 2.82. The summed E-state index contributed by atoms with van der Waals surface area (Å²) in [6.45, 7) is 8.50. The topological polar surface area (TPSA) is 15.3 Å². The Kier molecular flexibility index (Phi) is 2.61. The number of nitrogens with zero attached hydrogens (tertiary/aromatic N) is 1. The molecule has 0 aromatic carbocycles. The molecule has 0 spiro atoms. The second kappa shape index (κ2) is 3.58. The van der Waals surface area contributed by atoms with Crippen molar-refractivity contribution in [3.8, 4) is 0 Å². The molecule has 1 N–H and O–H groups in total. The van der Waals surface area contributed by atoms with Crippen LogP contribution < -0.4 is 5.32 Å². The monoisotopic (exact) mass is 182 g/mol. The zero-order chi connectivity index (χ0) is 9.31. The quantitative estimate of drug-likeness (QED) is 0.663. The molecule has 2 heteroatoms. The first-order chi connectivity index (χ1) is 6.20. The van der Waals surface area contributed by atoms with Crippen LogP contribution in [0.1, 0.15) is 39.5 Å². The molecule has 0 bridgehead atoms. The molecule has 2 nitrogen and oxygen atoms in total. The summed E-state index contributed by atoms with van der Waals surface area (Å²) in [4.78, 5) is 2.74. The van der Waals surface area contributed by atoms with Crippen molar-refractivity contribution >= 4 is 0 Å². The fourth-order valence-corrected chi connectivity index (χ4v) is 2.40. The van der Waals surface area contributed by atoms with Gasteiger partial charge in [-0.2, -0.15) is 0 Å². The van der Waals surface area contributed by atoms with Crippen molar-refractivity contribution < 1.29 is 0 Å². The Balaban J connectivity index is 1.99. The zero-order valence-electron chi connectivity index (χ0n) is 8.97. The van der Waals surface area contributed by atoms with Gasteiger partial charge >= 0.3 is 0 Å². The summed E-state index contributed by atoms with van der Waals surface area (Å²) in [5, 5.41) is 3.50. The lowest BCUT2D eigenvalue weighted by molar-refractivity contribution is 0.0920. The molecular weight excluding hydrogens is 160 g/mol. The van der Waals surface area contributed by atoms with Crippen LogP contribution in [0.5, 0.6) is 0 Å². The first-order valence-corrected chi connectivity index (χ1v) is 5.68. The minimum absolute atomic E-state index is 0.425. The van der Waals surface area contributed by atoms with Gasteiger partial charge in [0.1, 0.15) is 0 Å². The Morgan fingerprint density at radius 3 is 2.69 bits per heavy atom. The third-order valence-electron chi connectivity index (χ3n) is 3.43. The Morgan fingerprint density at radius 2 is 2.00 bits per heavy atom. The van der Waals surface area contributed by atoms with Gasteiger partial charge in [-0.1, -0.05) is 0 Å². The normalized spacial score (nSPS) is 30.9. The molecule has 2 rings (SSSR count). The summed E-state index contributed by atoms with van der Waals surface area (Å²) in [6.07, 6.45) is 5.50. The molecule has 0 aromatic heterocycles. The number of rotatable bonds is 1. The van der Waals surface area contributed by atoms with E-state index in [0.717, 1.165) is 6.04 Å². The predicted molar refractivity (Wildman–Crippen MR) is 55.9 cm³/mol. The van der Waals surface area contributed by atoms with Crippen LogP contribution >= 0.6 is 0 Å². The van der Waals surface area contributed by atoms with Crippen molar-refractivity contribution in [1.82, 2.24) is 10.2 Å². The highest BCUT2D eigenvalue weighted by Gasteiger charge is 2.37. The Morgan fingerprint density at radius 1 is 1.23 bits per heavy atom. The lowest BCUT2D eigenvalue weighted by Crippen LogP contribution is -2.49. The maximum Gasteiger partial charge on any atom is 0.0168 e. The van der Waals surface area contributed by atoms with Gasteiger partial charge in [-0.15, -0.1) is 0 Å². The second-order valence-electron chi connectivity index (χ2n) is 5.09. The van der Waals surface area contributed by atoms with Crippen molar-refractivity contribution in [2.24, 2.45) is 0 Å². The maximum absolute atomic E-state index is 3.50. The minimum Gasteiger partial charge on any atom is -0.317 e. The second-order valence-corrected chi connectivity index (χ2v) is 5.09. The largest absolute Gasteiger partial charge is 0.317 e. The molecular formula is C11H22N2. The van der Waals surface area contributed by atoms with E-state index in [4.69, 9.17) is 0 Å². The van der Waals surface area contributed by atoms with Gasteiger partial charge in [-0.05, 0) is 52.6 Å². The Labute approximate surface area is 81.7 Å². The molecule has 13 heavy (non-hydrogen) atoms. The minimum atomic E-state index is 0.425. The molecule has 0 radical (unpaired) electrons. The van der Waals surface area contributed by atoms with Gasteiger partial charge in [0.2, 0.25) is 0 Å². The smallest absolute Gasteiger partial charge is 0.0168 e. The van der Waals surface area contributed by atoms with E-state index in [1.807, 2.05) is 0 Å². The van der Waals surface area contributed by atoms with Crippen molar-refractivity contribution in [1.29, 1.82) is 0 Å². The van der Waals surface area contributed by atoms with Crippen LogP contribution in [0, 0.1) is 0 Å². The number of hydrogen-bond acceptors (Lipinski definition) is 2. The lowest BCUT2D eigenvalue weighted by Gasteiger charge is -2.40. The van der Waals surface area contributed by atoms with Gasteiger partial charge in [0.15, 0.2) is 0 Å². The summed E-state index contributed by atoms with van der Waals surface area (Å²) in [7, 11) is 0. The van der Waals surface area contributed by atoms with Gasteiger partial charge in [0, 0.05) is 18.1 Å². The molecule has 1 heterocycles. The SMILES string of the molecule is CC1(C)CCNCCCN1C1CC1. The zero-order valence-corrected chi connectivity index (χ0v) is 8.97. The number of hydrogen-bond donors (Lipinski definition) is 1. The molecule has 0 amide bonds. The molecule has 76 valence electrons. The highest BCUT2D eigenvalue weighted by Crippen LogP contribution is 2.34. The third kappa shape index (κ3) is 2.23. The van der Waals surface area contributed by atoms with E-state index in [1.165, 1.54) is 45.3 Å². The van der Waals surface area contributed by atoms with E-state index in [1.54, 1.807) is 0 Å². The van der Waals surface area contributed by atoms with Crippen LogP contribution in [0.15, 0.2) is 0 Å². The molecule has 2 fully saturated rings. The van der Waals surface area contributed by atoms with Gasteiger partial charge < -0.3 is 5.32 Å². The van der Waals surface area contributed by atoms with E-state index >= 15 is 0 Å². The number of nitrogens with one attached hydrogen (secondary N) is 1. The summed E-state index contributed by atoms with van der Waals surface area (Å²) < 4.78 is 0. The van der Waals surface area contributed by atoms with Crippen LogP contribution in [0.25, 0.3) is 0 Å². The van der Waals surface area contributed by atoms with Crippen molar-refractivity contribution in [3.05, 3.63) is 0 Å². The fourth-order valence-electron chi connectivity index (χ4n) is 2.40. The molecule has 0 unspecified atom stereocenters. The van der Waals surface area contributed by atoms with Gasteiger partial charge in [0.25, 0.3) is 0 Å². The molecule has 0 atom stereocenters. The molecule has 1 saturated carbocycles. The molecule has 1 saturated heterocycles. The van der Waals surface area contributed by atoms with Gasteiger partial charge in [-0.25, -0.2) is 0 Å². The summed E-state index contributed by atoms with van der Waals surface area (Å²) >= 11 is 0. The highest BCUT2D eigenvalue weighted by atomic mass is 15.2. The Bertz CT molecular complexity index is 173. The standard InChI is InChI=1S/C11H22N2/c1-11(2)6-8-12-7-3-9-13(11)10-4-5-10/h10,12H,3-9H2,1-2H3. The molecule has 0 aromatic rings. The highest BCUT2D eigenvalue weighted by molar-refractivity contribution is 4.94. The van der Waals surface area contributed by atoms with E-state index < -0.39 is 0 Å². The Hall–Kier alpha value is -0.0800. The molecule has 1 aliphatic carbocycles. The lowest BCUT2D eigenvalue weighted by atomic mass is 9.96. The van der Waals surface area contributed by atoms with Crippen molar-refractivity contribution in [2.45, 2.75) is 51.1 Å². The third-order valence-corrected chi connectivity index (χ3v) is 3.43. The average molecular weight is 182 g/mol. The van der Waals surface area contributed by atoms with Gasteiger partial charge in [0.05, 0.1) is 0 Å². The van der Waals surface area contributed by atoms with E-state index in [-0.39, 0.29) is 0 Å². The first-order valence-electron chi connectivity index (χ1n) is 5.68. The van der Waals surface area contributed by atoms with E-state index in [9.17, 15) is 0 Å². The van der Waals surface area contributed by atoms with Crippen LogP contribution in [-0.2, 0) is 0 Å². The van der Waals surface area contributed by atoms with Crippen molar-refractivity contribution in [2.75, 3.05) is 19.6 Å². The van der Waals surface area contributed by atoms with Crippen LogP contribution in [0.2, 0.25) is 0 Å². The van der Waals surface area contributed by atoms with Crippen LogP contribution in [-0.4, -0.2) is 36.1 Å². The van der Waals surface area contributed by atoms with E-state index in [0.29, 0.717) is 5.54 Å². The summed E-state index contributed by atoms with van der Waals surface area (Å²) in [5.74, 6) is 0. The molecule has 1 aliphatic heterocycles. The first kappa shape index (κ1) is 9.47. The van der Waals surface area contributed by atoms with Crippen molar-refractivity contribution in [3.63, 3.8) is 0 Å². The summed E-state index contributed by atoms with van der Waals surface area (Å²) in [5.41, 5.74) is 0.425. The maximum atomic E-state index is 3.50. The van der Waals surface area contributed by atoms with Crippen LogP contribution in [0.4, 0.5) is 0 Å². The summed E-state index contributed by atoms with van der Waals surface area (Å²) in [6, 6.07) is 0.924.